The van der Waals surface area contributed by atoms with Gasteiger partial charge >= 0.3 is 11.7 Å². The van der Waals surface area contributed by atoms with Gasteiger partial charge in [0.25, 0.3) is 5.56 Å². The summed E-state index contributed by atoms with van der Waals surface area (Å²) in [5.41, 5.74) is 0.563. The van der Waals surface area contributed by atoms with Crippen LogP contribution in [0.25, 0.3) is 11.8 Å². The molecule has 0 bridgehead atoms. The van der Waals surface area contributed by atoms with Gasteiger partial charge in [0, 0.05) is 22.1 Å². The number of aromatic hydroxyl groups is 1. The number of hydrogen-bond donors (Lipinski definition) is 1. The fourth-order valence-corrected chi connectivity index (χ4v) is 5.93. The van der Waals surface area contributed by atoms with Gasteiger partial charge in [-0.05, 0) is 24.4 Å². The second-order valence-electron chi connectivity index (χ2n) is 7.92. The van der Waals surface area contributed by atoms with Gasteiger partial charge in [-0.15, -0.1) is 11.3 Å². The number of phenols is 1. The molecule has 0 spiro atoms. The van der Waals surface area contributed by atoms with Crippen LogP contribution in [0.1, 0.15) is 29.0 Å². The number of nitrogens with zero attached hydrogens (tertiary/aromatic N) is 3. The Morgan fingerprint density at radius 3 is 2.65 bits per heavy atom. The number of ether oxygens (including phenoxy) is 1. The zero-order valence-corrected chi connectivity index (χ0v) is 21.0. The maximum Gasteiger partial charge on any atom is 0.338 e. The molecule has 2 aromatic carbocycles. The number of thiazole rings is 1. The molecule has 3 heterocycles. The Hall–Kier alpha value is -4.35. The van der Waals surface area contributed by atoms with Crippen LogP contribution >= 0.6 is 22.7 Å². The zero-order valence-electron chi connectivity index (χ0n) is 19.4. The van der Waals surface area contributed by atoms with E-state index in [0.717, 1.165) is 16.2 Å². The number of hydrogen-bond acceptors (Lipinski definition) is 9. The monoisotopic (exact) mass is 533 g/mol. The van der Waals surface area contributed by atoms with Crippen LogP contribution in [0.5, 0.6) is 5.75 Å². The lowest BCUT2D eigenvalue weighted by atomic mass is 9.97. The lowest BCUT2D eigenvalue weighted by molar-refractivity contribution is -0.385. The number of thiophene rings is 1. The lowest BCUT2D eigenvalue weighted by Crippen LogP contribution is -2.39. The predicted octanol–water partition coefficient (Wildman–Crippen LogP) is 3.61. The second-order valence-corrected chi connectivity index (χ2v) is 9.91. The summed E-state index contributed by atoms with van der Waals surface area (Å²) in [4.78, 5) is 43.4. The van der Waals surface area contributed by atoms with Crippen molar-refractivity contribution < 1.29 is 19.6 Å². The minimum atomic E-state index is -0.786. The molecule has 2 aromatic heterocycles. The molecule has 1 N–H and O–H groups in total. The van der Waals surface area contributed by atoms with Crippen LogP contribution in [0.3, 0.4) is 0 Å². The fourth-order valence-electron chi connectivity index (χ4n) is 4.11. The van der Waals surface area contributed by atoms with Crippen LogP contribution in [-0.2, 0) is 9.53 Å². The van der Waals surface area contributed by atoms with Gasteiger partial charge in [-0.3, -0.25) is 19.5 Å². The zero-order chi connectivity index (χ0) is 26.1. The Labute approximate surface area is 217 Å². The van der Waals surface area contributed by atoms with Crippen molar-refractivity contribution >= 4 is 46.1 Å². The average molecular weight is 534 g/mol. The van der Waals surface area contributed by atoms with Crippen molar-refractivity contribution in [3.8, 4) is 5.75 Å². The molecule has 11 heteroatoms. The molecule has 0 saturated carbocycles. The highest BCUT2D eigenvalue weighted by atomic mass is 32.1. The third-order valence-electron chi connectivity index (χ3n) is 5.72. The molecule has 0 amide bonds. The molecule has 5 rings (SSSR count). The first-order chi connectivity index (χ1) is 17.9. The van der Waals surface area contributed by atoms with E-state index in [0.29, 0.717) is 16.1 Å². The topological polar surface area (TPSA) is 124 Å². The largest absolute Gasteiger partial charge is 0.502 e. The van der Waals surface area contributed by atoms with Gasteiger partial charge in [0.15, 0.2) is 4.80 Å². The number of phenolic OH excluding ortho intramolecular Hbond substituents is 1. The number of carbonyl (C=O) groups excluding carboxylic acids is 1. The van der Waals surface area contributed by atoms with Crippen molar-refractivity contribution in [2.24, 2.45) is 4.99 Å². The number of carbonyl (C=O) groups is 1. The van der Waals surface area contributed by atoms with E-state index in [1.807, 2.05) is 47.8 Å². The molecule has 0 aliphatic carbocycles. The van der Waals surface area contributed by atoms with Gasteiger partial charge in [-0.25, -0.2) is 9.79 Å². The Morgan fingerprint density at radius 1 is 1.19 bits per heavy atom. The van der Waals surface area contributed by atoms with E-state index < -0.39 is 33.9 Å². The molecule has 0 radical (unpaired) electrons. The van der Waals surface area contributed by atoms with Crippen LogP contribution < -0.4 is 14.9 Å². The van der Waals surface area contributed by atoms with E-state index in [1.54, 1.807) is 6.92 Å². The summed E-state index contributed by atoms with van der Waals surface area (Å²) < 4.78 is 7.04. The van der Waals surface area contributed by atoms with E-state index in [2.05, 4.69) is 0 Å². The standard InChI is InChI=1S/C26H19N3O6S2/c1-2-35-25(32)20-21(15-8-4-3-5-9-15)27-26-28(22(20)18-12-7-13-36-18)24(31)19(37-26)14-16-10-6-11-17(23(16)30)29(33)34/h3-14,22,30H,2H2,1H3/b19-14-. The van der Waals surface area contributed by atoms with Gasteiger partial charge in [0.1, 0.15) is 6.04 Å². The molecule has 37 heavy (non-hydrogen) atoms. The third-order valence-corrected chi connectivity index (χ3v) is 7.62. The quantitative estimate of drug-likeness (QED) is 0.229. The summed E-state index contributed by atoms with van der Waals surface area (Å²) in [6, 6.07) is 16.2. The summed E-state index contributed by atoms with van der Waals surface area (Å²) in [5, 5.41) is 23.5. The fraction of sp³-hybridized carbons (Fsp3) is 0.115. The van der Waals surface area contributed by atoms with E-state index in [9.17, 15) is 24.8 Å². The van der Waals surface area contributed by atoms with Crippen LogP contribution in [0.4, 0.5) is 5.69 Å². The van der Waals surface area contributed by atoms with E-state index in [1.165, 1.54) is 40.2 Å². The molecular weight excluding hydrogens is 514 g/mol. The first kappa shape index (κ1) is 24.3. The Bertz CT molecular complexity index is 1720. The number of nitro benzene ring substituents is 1. The normalized spacial score (nSPS) is 15.3. The summed E-state index contributed by atoms with van der Waals surface area (Å²) >= 11 is 2.47. The second kappa shape index (κ2) is 9.96. The maximum absolute atomic E-state index is 13.7. The van der Waals surface area contributed by atoms with Crippen molar-refractivity contribution in [1.29, 1.82) is 0 Å². The SMILES string of the molecule is CCOC(=O)C1=C(c2ccccc2)N=c2s/c(=C\c3cccc([N+](=O)[O-])c3O)c(=O)n2C1c1cccs1. The third kappa shape index (κ3) is 4.39. The minimum absolute atomic E-state index is 0.125. The molecule has 1 aliphatic rings. The molecule has 1 unspecified atom stereocenters. The highest BCUT2D eigenvalue weighted by Crippen LogP contribution is 2.37. The molecule has 1 aliphatic heterocycles. The highest BCUT2D eigenvalue weighted by molar-refractivity contribution is 7.10. The van der Waals surface area contributed by atoms with Crippen molar-refractivity contribution in [2.45, 2.75) is 13.0 Å². The van der Waals surface area contributed by atoms with Crippen LogP contribution in [0, 0.1) is 10.1 Å². The molecule has 9 nitrogen and oxygen atoms in total. The van der Waals surface area contributed by atoms with Crippen molar-refractivity contribution in [3.63, 3.8) is 0 Å². The van der Waals surface area contributed by atoms with Crippen molar-refractivity contribution in [1.82, 2.24) is 4.57 Å². The molecule has 186 valence electrons. The van der Waals surface area contributed by atoms with Gasteiger partial charge in [0.2, 0.25) is 5.75 Å². The summed E-state index contributed by atoms with van der Waals surface area (Å²) in [7, 11) is 0. The molecule has 4 aromatic rings. The number of nitro groups is 1. The minimum Gasteiger partial charge on any atom is -0.502 e. The van der Waals surface area contributed by atoms with Crippen LogP contribution in [0.2, 0.25) is 0 Å². The van der Waals surface area contributed by atoms with Crippen LogP contribution in [-0.4, -0.2) is 27.2 Å². The summed E-state index contributed by atoms with van der Waals surface area (Å²) in [6.45, 7) is 1.86. The smallest absolute Gasteiger partial charge is 0.338 e. The van der Waals surface area contributed by atoms with Gasteiger partial charge in [-0.2, -0.15) is 0 Å². The van der Waals surface area contributed by atoms with Crippen molar-refractivity contribution in [3.05, 3.63) is 117 Å². The molecule has 0 saturated heterocycles. The number of fused-ring (bicyclic) bond motifs is 1. The van der Waals surface area contributed by atoms with Crippen molar-refractivity contribution in [2.75, 3.05) is 6.61 Å². The first-order valence-corrected chi connectivity index (χ1v) is 12.9. The van der Waals surface area contributed by atoms with Gasteiger partial charge < -0.3 is 9.84 Å². The molecular formula is C26H19N3O6S2. The number of rotatable bonds is 6. The Morgan fingerprint density at radius 2 is 1.97 bits per heavy atom. The number of benzene rings is 2. The maximum atomic E-state index is 13.7. The Kier molecular flexibility index (Phi) is 6.55. The lowest BCUT2D eigenvalue weighted by Gasteiger charge is -2.24. The average Bonchev–Trinajstić information content (AvgIpc) is 3.53. The first-order valence-electron chi connectivity index (χ1n) is 11.2. The van der Waals surface area contributed by atoms with Gasteiger partial charge in [0.05, 0.1) is 27.3 Å². The molecule has 0 fully saturated rings. The number of para-hydroxylation sites is 1. The van der Waals surface area contributed by atoms with E-state index in [4.69, 9.17) is 9.73 Å². The number of esters is 1. The van der Waals surface area contributed by atoms with Crippen LogP contribution in [0.15, 0.2) is 81.4 Å². The van der Waals surface area contributed by atoms with E-state index >= 15 is 0 Å². The molecule has 1 atom stereocenters. The van der Waals surface area contributed by atoms with E-state index in [-0.39, 0.29) is 22.3 Å². The van der Waals surface area contributed by atoms with Gasteiger partial charge in [-0.1, -0.05) is 59.9 Å². The summed E-state index contributed by atoms with van der Waals surface area (Å²) in [5.74, 6) is -1.11. The Balaban J connectivity index is 1.81. The summed E-state index contributed by atoms with van der Waals surface area (Å²) in [6.07, 6.45) is 1.40. The predicted molar refractivity (Wildman–Crippen MR) is 140 cm³/mol. The highest BCUT2D eigenvalue weighted by Gasteiger charge is 2.35. The number of aromatic nitrogens is 1.